The Hall–Kier alpha value is -0.430. The molecule has 5 nitrogen and oxygen atoms in total. The lowest BCUT2D eigenvalue weighted by Crippen LogP contribution is -2.48. The first-order valence-corrected chi connectivity index (χ1v) is 5.49. The standard InChI is InChI=1S/C7H14N2O3S/c1-2-3-8-4-6-9(7-5-8)13(10,11)12/h2H,1,3-7H2,(H,10,11,12). The maximum absolute atomic E-state index is 10.7. The first-order chi connectivity index (χ1) is 6.04. The summed E-state index contributed by atoms with van der Waals surface area (Å²) in [4.78, 5) is 2.08. The third-order valence-corrected chi connectivity index (χ3v) is 3.06. The molecule has 0 amide bonds. The van der Waals surface area contributed by atoms with Gasteiger partial charge < -0.3 is 0 Å². The van der Waals surface area contributed by atoms with Crippen LogP contribution in [-0.4, -0.2) is 54.9 Å². The first-order valence-electron chi connectivity index (χ1n) is 4.10. The van der Waals surface area contributed by atoms with Crippen molar-refractivity contribution in [1.82, 2.24) is 9.21 Å². The predicted molar refractivity (Wildman–Crippen MR) is 49.8 cm³/mol. The normalized spacial score (nSPS) is 21.6. The van der Waals surface area contributed by atoms with Crippen molar-refractivity contribution >= 4 is 10.3 Å². The number of rotatable bonds is 3. The van der Waals surface area contributed by atoms with Gasteiger partial charge in [0.25, 0.3) is 0 Å². The van der Waals surface area contributed by atoms with Crippen molar-refractivity contribution in [3.8, 4) is 0 Å². The SMILES string of the molecule is C=CCN1CCN(S(=O)(=O)O)CC1. The molecule has 13 heavy (non-hydrogen) atoms. The smallest absolute Gasteiger partial charge is 0.297 e. The van der Waals surface area contributed by atoms with Gasteiger partial charge in [0.2, 0.25) is 0 Å². The molecule has 0 aliphatic carbocycles. The molecule has 0 radical (unpaired) electrons. The van der Waals surface area contributed by atoms with Crippen LogP contribution in [0.5, 0.6) is 0 Å². The lowest BCUT2D eigenvalue weighted by atomic mass is 10.3. The zero-order valence-corrected chi connectivity index (χ0v) is 8.20. The molecule has 1 rings (SSSR count). The molecular formula is C7H14N2O3S. The van der Waals surface area contributed by atoms with E-state index in [1.807, 2.05) is 0 Å². The summed E-state index contributed by atoms with van der Waals surface area (Å²) in [5.41, 5.74) is 0. The monoisotopic (exact) mass is 206 g/mol. The molecule has 0 unspecified atom stereocenters. The van der Waals surface area contributed by atoms with Crippen LogP contribution in [-0.2, 0) is 10.3 Å². The van der Waals surface area contributed by atoms with Crippen LogP contribution in [0.25, 0.3) is 0 Å². The van der Waals surface area contributed by atoms with Crippen molar-refractivity contribution in [1.29, 1.82) is 0 Å². The highest BCUT2D eigenvalue weighted by Gasteiger charge is 2.23. The van der Waals surface area contributed by atoms with Crippen molar-refractivity contribution in [3.05, 3.63) is 12.7 Å². The van der Waals surface area contributed by atoms with Gasteiger partial charge in [-0.05, 0) is 0 Å². The second kappa shape index (κ2) is 4.19. The number of nitrogens with zero attached hydrogens (tertiary/aromatic N) is 2. The van der Waals surface area contributed by atoms with Crippen molar-refractivity contribution in [3.63, 3.8) is 0 Å². The average molecular weight is 206 g/mol. The fraction of sp³-hybridized carbons (Fsp3) is 0.714. The minimum absolute atomic E-state index is 0.354. The van der Waals surface area contributed by atoms with E-state index in [0.29, 0.717) is 26.2 Å². The molecule has 1 aliphatic heterocycles. The van der Waals surface area contributed by atoms with Gasteiger partial charge in [-0.25, -0.2) is 0 Å². The van der Waals surface area contributed by atoms with E-state index in [0.717, 1.165) is 10.8 Å². The second-order valence-corrected chi connectivity index (χ2v) is 4.38. The van der Waals surface area contributed by atoms with Gasteiger partial charge in [0.15, 0.2) is 0 Å². The van der Waals surface area contributed by atoms with E-state index < -0.39 is 10.3 Å². The van der Waals surface area contributed by atoms with Crippen molar-refractivity contribution in [2.45, 2.75) is 0 Å². The van der Waals surface area contributed by atoms with Crippen LogP contribution in [0.15, 0.2) is 12.7 Å². The van der Waals surface area contributed by atoms with Gasteiger partial charge in [-0.15, -0.1) is 6.58 Å². The molecular weight excluding hydrogens is 192 g/mol. The van der Waals surface area contributed by atoms with Crippen LogP contribution in [0, 0.1) is 0 Å². The minimum Gasteiger partial charge on any atom is -0.297 e. The Kier molecular flexibility index (Phi) is 3.43. The average Bonchev–Trinajstić information content (AvgIpc) is 2.04. The lowest BCUT2D eigenvalue weighted by Gasteiger charge is -2.31. The third kappa shape index (κ3) is 3.07. The maximum Gasteiger partial charge on any atom is 0.335 e. The van der Waals surface area contributed by atoms with Crippen LogP contribution in [0.4, 0.5) is 0 Å². The Morgan fingerprint density at radius 3 is 2.23 bits per heavy atom. The van der Waals surface area contributed by atoms with Gasteiger partial charge in [0.1, 0.15) is 0 Å². The zero-order chi connectivity index (χ0) is 9.90. The summed E-state index contributed by atoms with van der Waals surface area (Å²) in [5.74, 6) is 0. The molecule has 1 heterocycles. The summed E-state index contributed by atoms with van der Waals surface area (Å²) in [5, 5.41) is 0. The summed E-state index contributed by atoms with van der Waals surface area (Å²) >= 11 is 0. The summed E-state index contributed by atoms with van der Waals surface area (Å²) in [6.45, 7) is 6.36. The molecule has 1 fully saturated rings. The number of piperazine rings is 1. The molecule has 0 spiro atoms. The van der Waals surface area contributed by atoms with Gasteiger partial charge in [-0.3, -0.25) is 9.45 Å². The number of hydrogen-bond donors (Lipinski definition) is 1. The van der Waals surface area contributed by atoms with E-state index in [4.69, 9.17) is 4.55 Å². The van der Waals surface area contributed by atoms with Gasteiger partial charge in [0.05, 0.1) is 0 Å². The molecule has 0 aromatic carbocycles. The molecule has 0 aromatic rings. The van der Waals surface area contributed by atoms with Crippen LogP contribution in [0.3, 0.4) is 0 Å². The van der Waals surface area contributed by atoms with E-state index in [1.54, 1.807) is 6.08 Å². The summed E-state index contributed by atoms with van der Waals surface area (Å²) in [7, 11) is -3.98. The van der Waals surface area contributed by atoms with Crippen LogP contribution >= 0.6 is 0 Å². The quantitative estimate of drug-likeness (QED) is 0.504. The topological polar surface area (TPSA) is 60.9 Å². The highest BCUT2D eigenvalue weighted by molar-refractivity contribution is 7.83. The van der Waals surface area contributed by atoms with Crippen LogP contribution in [0.1, 0.15) is 0 Å². The highest BCUT2D eigenvalue weighted by atomic mass is 32.2. The highest BCUT2D eigenvalue weighted by Crippen LogP contribution is 2.04. The Morgan fingerprint density at radius 1 is 1.31 bits per heavy atom. The van der Waals surface area contributed by atoms with Crippen molar-refractivity contribution in [2.24, 2.45) is 0 Å². The molecule has 0 saturated carbocycles. The summed E-state index contributed by atoms with van der Waals surface area (Å²) < 4.78 is 31.2. The minimum atomic E-state index is -3.98. The molecule has 0 atom stereocenters. The van der Waals surface area contributed by atoms with Crippen LogP contribution < -0.4 is 0 Å². The maximum atomic E-state index is 10.7. The van der Waals surface area contributed by atoms with Crippen molar-refractivity contribution < 1.29 is 13.0 Å². The molecule has 6 heteroatoms. The molecule has 76 valence electrons. The summed E-state index contributed by atoms with van der Waals surface area (Å²) in [6.07, 6.45) is 1.78. The number of hydrogen-bond acceptors (Lipinski definition) is 3. The van der Waals surface area contributed by atoms with E-state index >= 15 is 0 Å². The Labute approximate surface area is 78.5 Å². The lowest BCUT2D eigenvalue weighted by molar-refractivity contribution is 0.194. The first kappa shape index (κ1) is 10.6. The zero-order valence-electron chi connectivity index (χ0n) is 7.39. The molecule has 1 aliphatic rings. The fourth-order valence-corrected chi connectivity index (χ4v) is 1.95. The molecule has 1 N–H and O–H groups in total. The molecule has 1 saturated heterocycles. The molecule has 0 bridgehead atoms. The van der Waals surface area contributed by atoms with Gasteiger partial charge in [-0.1, -0.05) is 6.08 Å². The summed E-state index contributed by atoms with van der Waals surface area (Å²) in [6, 6.07) is 0. The Bertz CT molecular complexity index is 267. The van der Waals surface area contributed by atoms with E-state index in [9.17, 15) is 8.42 Å². The second-order valence-electron chi connectivity index (χ2n) is 2.97. The van der Waals surface area contributed by atoms with E-state index in [1.165, 1.54) is 0 Å². The third-order valence-electron chi connectivity index (χ3n) is 2.04. The van der Waals surface area contributed by atoms with Gasteiger partial charge in [-0.2, -0.15) is 12.7 Å². The fourth-order valence-electron chi connectivity index (χ4n) is 1.33. The molecule has 0 aromatic heterocycles. The van der Waals surface area contributed by atoms with Crippen LogP contribution in [0.2, 0.25) is 0 Å². The van der Waals surface area contributed by atoms with Gasteiger partial charge in [0, 0.05) is 32.7 Å². The van der Waals surface area contributed by atoms with Gasteiger partial charge >= 0.3 is 10.3 Å². The predicted octanol–water partition coefficient (Wildman–Crippen LogP) is -0.407. The largest absolute Gasteiger partial charge is 0.335 e. The van der Waals surface area contributed by atoms with E-state index in [-0.39, 0.29) is 0 Å². The Morgan fingerprint density at radius 2 is 1.85 bits per heavy atom. The Balaban J connectivity index is 2.43. The van der Waals surface area contributed by atoms with Crippen molar-refractivity contribution in [2.75, 3.05) is 32.7 Å². The van der Waals surface area contributed by atoms with E-state index in [2.05, 4.69) is 11.5 Å².